The fraction of sp³-hybridized carbons (Fsp3) is 0.280. The van der Waals surface area contributed by atoms with Gasteiger partial charge in [0.05, 0.1) is 9.80 Å². The highest BCUT2D eigenvalue weighted by Crippen LogP contribution is 2.29. The molecule has 1 unspecified atom stereocenters. The van der Waals surface area contributed by atoms with Crippen molar-refractivity contribution in [2.45, 2.75) is 37.6 Å². The number of allylic oxidation sites excluding steroid dienone is 4. The maximum atomic E-state index is 13.6. The van der Waals surface area contributed by atoms with E-state index in [0.29, 0.717) is 16.3 Å². The number of benzene rings is 2. The lowest BCUT2D eigenvalue weighted by Gasteiger charge is -2.25. The van der Waals surface area contributed by atoms with Crippen molar-refractivity contribution in [3.05, 3.63) is 102 Å². The van der Waals surface area contributed by atoms with Crippen molar-refractivity contribution in [3.63, 3.8) is 0 Å². The van der Waals surface area contributed by atoms with Crippen LogP contribution in [0.1, 0.15) is 30.4 Å². The Labute approximate surface area is 175 Å². The summed E-state index contributed by atoms with van der Waals surface area (Å²) in [6.07, 6.45) is 10.7. The lowest BCUT2D eigenvalue weighted by Crippen LogP contribution is -2.23. The summed E-state index contributed by atoms with van der Waals surface area (Å²) in [4.78, 5) is 2.84. The van der Waals surface area contributed by atoms with Gasteiger partial charge in [0.2, 0.25) is 9.84 Å². The van der Waals surface area contributed by atoms with E-state index >= 15 is 0 Å². The minimum Gasteiger partial charge on any atom is -0.372 e. The Bertz CT molecular complexity index is 973. The van der Waals surface area contributed by atoms with Gasteiger partial charge in [0.25, 0.3) is 0 Å². The minimum atomic E-state index is -3.64. The van der Waals surface area contributed by atoms with Crippen molar-refractivity contribution >= 4 is 9.84 Å². The summed E-state index contributed by atoms with van der Waals surface area (Å²) >= 11 is 0. The van der Waals surface area contributed by atoms with Gasteiger partial charge in [0.15, 0.2) is 0 Å². The molecule has 1 aliphatic rings. The summed E-state index contributed by atoms with van der Waals surface area (Å²) in [5.41, 5.74) is 2.20. The summed E-state index contributed by atoms with van der Waals surface area (Å²) in [6.45, 7) is 7.37. The largest absolute Gasteiger partial charge is 0.372 e. The quantitative estimate of drug-likeness (QED) is 0.601. The number of aryl methyl sites for hydroxylation is 1. The van der Waals surface area contributed by atoms with Crippen LogP contribution in [0.5, 0.6) is 0 Å². The van der Waals surface area contributed by atoms with Crippen molar-refractivity contribution in [1.29, 1.82) is 0 Å². The highest BCUT2D eigenvalue weighted by molar-refractivity contribution is 7.95. The van der Waals surface area contributed by atoms with E-state index < -0.39 is 9.84 Å². The van der Waals surface area contributed by atoms with Gasteiger partial charge in [0.1, 0.15) is 0 Å². The molecule has 0 saturated carbocycles. The molecule has 0 saturated heterocycles. The Morgan fingerprint density at radius 2 is 1.79 bits per heavy atom. The number of nitrogens with zero attached hydrogens (tertiary/aromatic N) is 1. The molecule has 0 bridgehead atoms. The summed E-state index contributed by atoms with van der Waals surface area (Å²) in [7, 11) is -3.64. The molecule has 3 nitrogen and oxygen atoms in total. The van der Waals surface area contributed by atoms with Gasteiger partial charge in [-0.15, -0.1) is 6.58 Å². The van der Waals surface area contributed by atoms with Gasteiger partial charge in [-0.2, -0.15) is 0 Å². The zero-order chi connectivity index (χ0) is 20.7. The molecule has 0 radical (unpaired) electrons. The highest BCUT2D eigenvalue weighted by atomic mass is 32.2. The number of rotatable bonds is 5. The van der Waals surface area contributed by atoms with Crippen LogP contribution in [-0.2, 0) is 16.4 Å². The van der Waals surface area contributed by atoms with Crippen LogP contribution in [-0.4, -0.2) is 19.9 Å². The predicted molar refractivity (Wildman–Crippen MR) is 120 cm³/mol. The Morgan fingerprint density at radius 1 is 1.07 bits per heavy atom. The van der Waals surface area contributed by atoms with Crippen LogP contribution >= 0.6 is 0 Å². The van der Waals surface area contributed by atoms with Gasteiger partial charge in [-0.3, -0.25) is 0 Å². The first-order chi connectivity index (χ1) is 14.0. The standard InChI is InChI=1S/C25H29NO2S/c1-3-23-13-9-4-5-10-18-26(19-22-11-7-6-8-12-22)20-25(23)29(27,28)24-16-14-21(2)15-17-24/h3,6-9,11-17,20,23H,1,4-5,10,18-19H2,2H3/b13-9-,25-20+. The monoisotopic (exact) mass is 407 g/mol. The second kappa shape index (κ2) is 9.75. The third-order valence-electron chi connectivity index (χ3n) is 5.17. The van der Waals surface area contributed by atoms with Crippen LogP contribution in [0.3, 0.4) is 0 Å². The second-order valence-electron chi connectivity index (χ2n) is 7.49. The molecule has 0 fully saturated rings. The van der Waals surface area contributed by atoms with Crippen molar-refractivity contribution in [3.8, 4) is 0 Å². The fourth-order valence-corrected chi connectivity index (χ4v) is 5.07. The third kappa shape index (κ3) is 5.48. The van der Waals surface area contributed by atoms with E-state index in [-0.39, 0.29) is 5.92 Å². The van der Waals surface area contributed by atoms with E-state index in [1.807, 2.05) is 49.5 Å². The van der Waals surface area contributed by atoms with Crippen molar-refractivity contribution in [2.75, 3.05) is 6.54 Å². The van der Waals surface area contributed by atoms with E-state index in [4.69, 9.17) is 0 Å². The number of hydrogen-bond donors (Lipinski definition) is 0. The van der Waals surface area contributed by atoms with Crippen LogP contribution < -0.4 is 0 Å². The predicted octanol–water partition coefficient (Wildman–Crippen LogP) is 5.65. The zero-order valence-corrected chi connectivity index (χ0v) is 17.8. The summed E-state index contributed by atoms with van der Waals surface area (Å²) in [5.74, 6) is -0.349. The van der Waals surface area contributed by atoms with E-state index in [1.165, 1.54) is 5.56 Å². The Hall–Kier alpha value is -2.59. The molecular weight excluding hydrogens is 378 g/mol. The van der Waals surface area contributed by atoms with Gasteiger partial charge in [-0.1, -0.05) is 66.3 Å². The van der Waals surface area contributed by atoms with Crippen LogP contribution in [0.4, 0.5) is 0 Å². The molecule has 3 rings (SSSR count). The topological polar surface area (TPSA) is 37.4 Å². The first kappa shape index (κ1) is 21.1. The van der Waals surface area contributed by atoms with Crippen LogP contribution in [0.25, 0.3) is 0 Å². The van der Waals surface area contributed by atoms with Crippen LogP contribution in [0.2, 0.25) is 0 Å². The van der Waals surface area contributed by atoms with Gasteiger partial charge >= 0.3 is 0 Å². The molecule has 2 aromatic carbocycles. The molecule has 0 spiro atoms. The van der Waals surface area contributed by atoms with E-state index in [0.717, 1.165) is 31.4 Å². The number of hydrogen-bond acceptors (Lipinski definition) is 3. The lowest BCUT2D eigenvalue weighted by molar-refractivity contribution is 0.355. The molecular formula is C25H29NO2S. The van der Waals surface area contributed by atoms with E-state index in [9.17, 15) is 8.42 Å². The Balaban J connectivity index is 2.06. The first-order valence-corrected chi connectivity index (χ1v) is 11.6. The normalized spacial score (nSPS) is 21.1. The average Bonchev–Trinajstić information content (AvgIpc) is 2.73. The maximum absolute atomic E-state index is 13.6. The van der Waals surface area contributed by atoms with Crippen molar-refractivity contribution < 1.29 is 8.42 Å². The van der Waals surface area contributed by atoms with Gasteiger partial charge in [-0.25, -0.2) is 8.42 Å². The Kier molecular flexibility index (Phi) is 7.10. The smallest absolute Gasteiger partial charge is 0.205 e. The molecule has 152 valence electrons. The Morgan fingerprint density at radius 3 is 2.48 bits per heavy atom. The van der Waals surface area contributed by atoms with Gasteiger partial charge < -0.3 is 4.90 Å². The van der Waals surface area contributed by atoms with Crippen LogP contribution in [0, 0.1) is 12.8 Å². The summed E-state index contributed by atoms with van der Waals surface area (Å²) in [6, 6.07) is 17.2. The fourth-order valence-electron chi connectivity index (χ4n) is 3.48. The van der Waals surface area contributed by atoms with E-state index in [2.05, 4.69) is 29.7 Å². The molecule has 4 heteroatoms. The number of sulfone groups is 1. The van der Waals surface area contributed by atoms with Gasteiger partial charge in [0, 0.05) is 25.2 Å². The first-order valence-electron chi connectivity index (χ1n) is 10.1. The SMILES string of the molecule is C=CC1/C=C\CCCCN(Cc2ccccc2)/C=C\1S(=O)(=O)c1ccc(C)cc1. The van der Waals surface area contributed by atoms with E-state index in [1.54, 1.807) is 18.2 Å². The molecule has 0 aliphatic carbocycles. The molecule has 1 heterocycles. The third-order valence-corrected chi connectivity index (χ3v) is 7.06. The van der Waals surface area contributed by atoms with Crippen molar-refractivity contribution in [2.24, 2.45) is 5.92 Å². The molecule has 1 aliphatic heterocycles. The lowest BCUT2D eigenvalue weighted by atomic mass is 10.1. The second-order valence-corrected chi connectivity index (χ2v) is 9.44. The van der Waals surface area contributed by atoms with Gasteiger partial charge in [-0.05, 0) is 43.9 Å². The van der Waals surface area contributed by atoms with Crippen molar-refractivity contribution in [1.82, 2.24) is 4.90 Å². The molecule has 0 amide bonds. The summed E-state index contributed by atoms with van der Waals surface area (Å²) in [5, 5.41) is 0. The molecule has 2 aromatic rings. The molecule has 0 aromatic heterocycles. The average molecular weight is 408 g/mol. The maximum Gasteiger partial charge on any atom is 0.205 e. The highest BCUT2D eigenvalue weighted by Gasteiger charge is 2.26. The molecule has 0 N–H and O–H groups in total. The molecule has 29 heavy (non-hydrogen) atoms. The molecule has 1 atom stereocenters. The van der Waals surface area contributed by atoms with Crippen LogP contribution in [0.15, 0.2) is 95.4 Å². The summed E-state index contributed by atoms with van der Waals surface area (Å²) < 4.78 is 27.1. The zero-order valence-electron chi connectivity index (χ0n) is 17.0. The minimum absolute atomic E-state index is 0.325.